The Bertz CT molecular complexity index is 1580. The third kappa shape index (κ3) is 9.03. The minimum atomic E-state index is 0.591. The van der Waals surface area contributed by atoms with Gasteiger partial charge < -0.3 is 0 Å². The maximum Gasteiger partial charge on any atom is -0.0149 e. The van der Waals surface area contributed by atoms with Gasteiger partial charge in [-0.15, -0.1) is 0 Å². The van der Waals surface area contributed by atoms with Crippen molar-refractivity contribution in [2.24, 2.45) is 0 Å². The van der Waals surface area contributed by atoms with E-state index in [2.05, 4.69) is 193 Å². The minimum absolute atomic E-state index is 0.591. The lowest BCUT2D eigenvalue weighted by atomic mass is 9.96. The van der Waals surface area contributed by atoms with Gasteiger partial charge in [-0.25, -0.2) is 0 Å². The van der Waals surface area contributed by atoms with Crippen LogP contribution in [0.4, 0.5) is 0 Å². The predicted octanol–water partition coefficient (Wildman–Crippen LogP) is 12.9. The van der Waals surface area contributed by atoms with Crippen molar-refractivity contribution in [3.63, 3.8) is 0 Å². The molecule has 0 heterocycles. The zero-order chi connectivity index (χ0) is 30.6. The monoisotopic (exact) mass is 562 g/mol. The van der Waals surface area contributed by atoms with Crippen molar-refractivity contribution in [3.8, 4) is 22.3 Å². The average Bonchev–Trinajstić information content (AvgIpc) is 3.06. The summed E-state index contributed by atoms with van der Waals surface area (Å²) in [5.41, 5.74) is 9.44. The maximum absolute atomic E-state index is 2.28. The van der Waals surface area contributed by atoms with E-state index in [1.165, 1.54) is 49.7 Å². The number of hydrogen-bond acceptors (Lipinski definition) is 0. The SMILES string of the molecule is CC(C)c1cccc(-c2ccccc2)c1.CC(C)c1cccc(-c2ccccc2)c1.CC(C)c1cccc2ccccc12. The second kappa shape index (κ2) is 15.7. The van der Waals surface area contributed by atoms with Crippen LogP contribution in [0.5, 0.6) is 0 Å². The molecular weight excluding hydrogens is 516 g/mol. The van der Waals surface area contributed by atoms with E-state index >= 15 is 0 Å². The molecule has 0 radical (unpaired) electrons. The van der Waals surface area contributed by atoms with Crippen molar-refractivity contribution in [2.45, 2.75) is 59.3 Å². The Balaban J connectivity index is 0.000000148. The highest BCUT2D eigenvalue weighted by Crippen LogP contribution is 2.26. The van der Waals surface area contributed by atoms with E-state index in [1.807, 2.05) is 0 Å². The van der Waals surface area contributed by atoms with Crippen LogP contribution in [0, 0.1) is 0 Å². The van der Waals surface area contributed by atoms with Crippen LogP contribution in [0.1, 0.15) is 76.0 Å². The minimum Gasteiger partial charge on any atom is -0.0622 e. The van der Waals surface area contributed by atoms with Gasteiger partial charge in [-0.2, -0.15) is 0 Å². The lowest BCUT2D eigenvalue weighted by Crippen LogP contribution is -1.88. The summed E-state index contributed by atoms with van der Waals surface area (Å²) in [4.78, 5) is 0. The van der Waals surface area contributed by atoms with Gasteiger partial charge in [-0.1, -0.05) is 193 Å². The standard InChI is InChI=1S/2C15H16.C13H14/c2*1-12(2)14-9-6-10-15(11-14)13-7-4-3-5-8-13;1-10(2)12-9-5-7-11-6-3-4-8-13(11)12/h2*3-12H,1-2H3;3-10H,1-2H3. The summed E-state index contributed by atoms with van der Waals surface area (Å²) >= 11 is 0. The predicted molar refractivity (Wildman–Crippen MR) is 190 cm³/mol. The van der Waals surface area contributed by atoms with Crippen molar-refractivity contribution in [1.29, 1.82) is 0 Å². The van der Waals surface area contributed by atoms with Gasteiger partial charge >= 0.3 is 0 Å². The maximum atomic E-state index is 2.28. The molecule has 43 heavy (non-hydrogen) atoms. The average molecular weight is 563 g/mol. The first kappa shape index (κ1) is 31.5. The van der Waals surface area contributed by atoms with Crippen LogP contribution in [-0.2, 0) is 0 Å². The molecule has 6 rings (SSSR count). The Morgan fingerprint density at radius 1 is 0.326 bits per heavy atom. The van der Waals surface area contributed by atoms with E-state index in [9.17, 15) is 0 Å². The van der Waals surface area contributed by atoms with E-state index in [-0.39, 0.29) is 0 Å². The first-order valence-electron chi connectivity index (χ1n) is 15.6. The van der Waals surface area contributed by atoms with Crippen LogP contribution in [0.15, 0.2) is 152 Å². The molecule has 0 atom stereocenters. The number of hydrogen-bond donors (Lipinski definition) is 0. The molecule has 0 fully saturated rings. The molecule has 0 N–H and O–H groups in total. The summed E-state index contributed by atoms with van der Waals surface area (Å²) in [6.45, 7) is 13.4. The smallest absolute Gasteiger partial charge is 0.0149 e. The lowest BCUT2D eigenvalue weighted by molar-refractivity contribution is 0.867. The first-order valence-corrected chi connectivity index (χ1v) is 15.6. The first-order chi connectivity index (χ1) is 20.8. The molecule has 0 aliphatic rings. The van der Waals surface area contributed by atoms with Crippen LogP contribution in [-0.4, -0.2) is 0 Å². The molecule has 0 saturated heterocycles. The molecule has 6 aromatic carbocycles. The fraction of sp³-hybridized carbons (Fsp3) is 0.209. The Morgan fingerprint density at radius 2 is 0.721 bits per heavy atom. The van der Waals surface area contributed by atoms with Gasteiger partial charge in [0, 0.05) is 0 Å². The highest BCUT2D eigenvalue weighted by Gasteiger charge is 2.04. The van der Waals surface area contributed by atoms with Gasteiger partial charge in [-0.05, 0) is 67.5 Å². The number of rotatable bonds is 5. The van der Waals surface area contributed by atoms with Crippen molar-refractivity contribution in [3.05, 3.63) is 168 Å². The highest BCUT2D eigenvalue weighted by atomic mass is 14.1. The van der Waals surface area contributed by atoms with E-state index in [0.717, 1.165) is 0 Å². The van der Waals surface area contributed by atoms with Crippen LogP contribution in [0.3, 0.4) is 0 Å². The Kier molecular flexibility index (Phi) is 11.5. The van der Waals surface area contributed by atoms with E-state index < -0.39 is 0 Å². The topological polar surface area (TPSA) is 0 Å². The Labute approximate surface area is 260 Å². The molecular formula is C43H46. The molecule has 0 aromatic heterocycles. The largest absolute Gasteiger partial charge is 0.0622 e. The zero-order valence-corrected chi connectivity index (χ0v) is 26.7. The highest BCUT2D eigenvalue weighted by molar-refractivity contribution is 5.86. The third-order valence-corrected chi connectivity index (χ3v) is 7.77. The molecule has 0 aliphatic carbocycles. The van der Waals surface area contributed by atoms with Gasteiger partial charge in [0.1, 0.15) is 0 Å². The van der Waals surface area contributed by atoms with E-state index in [4.69, 9.17) is 0 Å². The summed E-state index contributed by atoms with van der Waals surface area (Å²) in [6, 6.07) is 53.7. The van der Waals surface area contributed by atoms with Gasteiger partial charge in [0.25, 0.3) is 0 Å². The quantitative estimate of drug-likeness (QED) is 0.196. The van der Waals surface area contributed by atoms with Crippen LogP contribution in [0.2, 0.25) is 0 Å². The van der Waals surface area contributed by atoms with Gasteiger partial charge in [0.2, 0.25) is 0 Å². The summed E-state index contributed by atoms with van der Waals surface area (Å²) in [7, 11) is 0. The molecule has 218 valence electrons. The Morgan fingerprint density at radius 3 is 1.19 bits per heavy atom. The van der Waals surface area contributed by atoms with Gasteiger partial charge in [-0.3, -0.25) is 0 Å². The molecule has 0 aliphatic heterocycles. The second-order valence-corrected chi connectivity index (χ2v) is 12.0. The summed E-state index contributed by atoms with van der Waals surface area (Å²) < 4.78 is 0. The third-order valence-electron chi connectivity index (χ3n) is 7.77. The second-order valence-electron chi connectivity index (χ2n) is 12.0. The van der Waals surface area contributed by atoms with Crippen LogP contribution < -0.4 is 0 Å². The zero-order valence-electron chi connectivity index (χ0n) is 26.7. The molecule has 0 bridgehead atoms. The molecule has 0 amide bonds. The van der Waals surface area contributed by atoms with Gasteiger partial charge in [0.05, 0.1) is 0 Å². The summed E-state index contributed by atoms with van der Waals surface area (Å²) in [5, 5.41) is 2.73. The van der Waals surface area contributed by atoms with Crippen molar-refractivity contribution < 1.29 is 0 Å². The Hall–Kier alpha value is -4.42. The fourth-order valence-corrected chi connectivity index (χ4v) is 5.17. The molecule has 0 saturated carbocycles. The molecule has 0 heteroatoms. The number of benzene rings is 6. The van der Waals surface area contributed by atoms with E-state index in [1.54, 1.807) is 0 Å². The summed E-state index contributed by atoms with van der Waals surface area (Å²) in [6.07, 6.45) is 0. The van der Waals surface area contributed by atoms with E-state index in [0.29, 0.717) is 17.8 Å². The number of fused-ring (bicyclic) bond motifs is 1. The lowest BCUT2D eigenvalue weighted by Gasteiger charge is -2.08. The van der Waals surface area contributed by atoms with Crippen molar-refractivity contribution in [1.82, 2.24) is 0 Å². The van der Waals surface area contributed by atoms with Crippen molar-refractivity contribution >= 4 is 10.8 Å². The normalized spacial score (nSPS) is 10.7. The molecule has 6 aromatic rings. The van der Waals surface area contributed by atoms with Gasteiger partial charge in [0.15, 0.2) is 0 Å². The molecule has 0 spiro atoms. The fourth-order valence-electron chi connectivity index (χ4n) is 5.17. The molecule has 0 unspecified atom stereocenters. The summed E-state index contributed by atoms with van der Waals surface area (Å²) in [5.74, 6) is 1.79. The molecule has 0 nitrogen and oxygen atoms in total. The van der Waals surface area contributed by atoms with Crippen LogP contribution >= 0.6 is 0 Å². The van der Waals surface area contributed by atoms with Crippen LogP contribution in [0.25, 0.3) is 33.0 Å². The van der Waals surface area contributed by atoms with Crippen molar-refractivity contribution in [2.75, 3.05) is 0 Å².